The van der Waals surface area contributed by atoms with Crippen LogP contribution in [0.4, 0.5) is 0 Å². The Kier molecular flexibility index (Phi) is 4.90. The fourth-order valence-electron chi connectivity index (χ4n) is 2.77. The molecule has 3 rings (SSSR count). The molecule has 5 nitrogen and oxygen atoms in total. The van der Waals surface area contributed by atoms with E-state index in [1.54, 1.807) is 0 Å². The molecule has 6 heteroatoms. The van der Waals surface area contributed by atoms with Gasteiger partial charge in [0.1, 0.15) is 11.1 Å². The van der Waals surface area contributed by atoms with Crippen LogP contribution in [0, 0.1) is 0 Å². The van der Waals surface area contributed by atoms with Crippen LogP contribution in [0.2, 0.25) is 0 Å². The molecule has 0 unspecified atom stereocenters. The number of aryl methyl sites for hydroxylation is 1. The Labute approximate surface area is 135 Å². The zero-order valence-corrected chi connectivity index (χ0v) is 14.3. The third-order valence-corrected chi connectivity index (χ3v) is 5.45. The van der Waals surface area contributed by atoms with E-state index in [4.69, 9.17) is 4.74 Å². The quantitative estimate of drug-likeness (QED) is 0.920. The zero-order chi connectivity index (χ0) is 15.5. The van der Waals surface area contributed by atoms with Crippen molar-refractivity contribution in [2.45, 2.75) is 51.3 Å². The van der Waals surface area contributed by atoms with E-state index in [-0.39, 0.29) is 6.10 Å². The van der Waals surface area contributed by atoms with Gasteiger partial charge in [-0.15, -0.1) is 11.3 Å². The lowest BCUT2D eigenvalue weighted by Gasteiger charge is -2.30. The molecule has 1 N–H and O–H groups in total. The lowest BCUT2D eigenvalue weighted by atomic mass is 10.0. The number of hydrogen-bond donors (Lipinski definition) is 1. The van der Waals surface area contributed by atoms with Crippen molar-refractivity contribution in [1.82, 2.24) is 19.9 Å². The van der Waals surface area contributed by atoms with Crippen LogP contribution >= 0.6 is 11.3 Å². The SMILES string of the molecule is CC(C)c1cnc(CN[C@H]2CCO[C@@H](c3cncn3C)C2)s1. The van der Waals surface area contributed by atoms with Gasteiger partial charge in [0.2, 0.25) is 0 Å². The minimum absolute atomic E-state index is 0.140. The summed E-state index contributed by atoms with van der Waals surface area (Å²) in [5, 5.41) is 4.81. The highest BCUT2D eigenvalue weighted by molar-refractivity contribution is 7.11. The highest BCUT2D eigenvalue weighted by Crippen LogP contribution is 2.28. The van der Waals surface area contributed by atoms with Crippen LogP contribution in [0.25, 0.3) is 0 Å². The van der Waals surface area contributed by atoms with Gasteiger partial charge in [-0.2, -0.15) is 0 Å². The van der Waals surface area contributed by atoms with E-state index < -0.39 is 0 Å². The van der Waals surface area contributed by atoms with Crippen molar-refractivity contribution in [3.8, 4) is 0 Å². The van der Waals surface area contributed by atoms with E-state index in [9.17, 15) is 0 Å². The molecule has 1 saturated heterocycles. The van der Waals surface area contributed by atoms with Crippen LogP contribution in [-0.4, -0.2) is 27.2 Å². The average Bonchev–Trinajstić information content (AvgIpc) is 3.14. The van der Waals surface area contributed by atoms with Crippen LogP contribution in [0.1, 0.15) is 54.3 Å². The molecule has 0 aliphatic carbocycles. The molecule has 22 heavy (non-hydrogen) atoms. The summed E-state index contributed by atoms with van der Waals surface area (Å²) in [6.45, 7) is 6.06. The Morgan fingerprint density at radius 2 is 2.32 bits per heavy atom. The normalized spacial score (nSPS) is 22.4. The third kappa shape index (κ3) is 3.56. The van der Waals surface area contributed by atoms with Gasteiger partial charge in [0, 0.05) is 37.3 Å². The third-order valence-electron chi connectivity index (χ3n) is 4.15. The van der Waals surface area contributed by atoms with Crippen LogP contribution in [-0.2, 0) is 18.3 Å². The highest BCUT2D eigenvalue weighted by atomic mass is 32.1. The summed E-state index contributed by atoms with van der Waals surface area (Å²) in [5.74, 6) is 0.559. The van der Waals surface area contributed by atoms with Crippen molar-refractivity contribution in [2.75, 3.05) is 6.61 Å². The number of rotatable bonds is 5. The predicted molar refractivity (Wildman–Crippen MR) is 88.0 cm³/mol. The van der Waals surface area contributed by atoms with Gasteiger partial charge in [0.05, 0.1) is 18.2 Å². The lowest BCUT2D eigenvalue weighted by molar-refractivity contribution is -0.00404. The lowest BCUT2D eigenvalue weighted by Crippen LogP contribution is -2.36. The molecule has 0 aromatic carbocycles. The molecule has 2 aromatic rings. The van der Waals surface area contributed by atoms with Gasteiger partial charge in [0.25, 0.3) is 0 Å². The molecule has 120 valence electrons. The fraction of sp³-hybridized carbons (Fsp3) is 0.625. The van der Waals surface area contributed by atoms with Gasteiger partial charge in [0.15, 0.2) is 0 Å². The molecule has 2 aromatic heterocycles. The molecular weight excluding hydrogens is 296 g/mol. The summed E-state index contributed by atoms with van der Waals surface area (Å²) < 4.78 is 7.95. The Morgan fingerprint density at radius 1 is 1.45 bits per heavy atom. The molecule has 0 spiro atoms. The van der Waals surface area contributed by atoms with Crippen molar-refractivity contribution in [1.29, 1.82) is 0 Å². The second-order valence-electron chi connectivity index (χ2n) is 6.20. The summed E-state index contributed by atoms with van der Waals surface area (Å²) >= 11 is 1.81. The van der Waals surface area contributed by atoms with Crippen LogP contribution < -0.4 is 5.32 Å². The van der Waals surface area contributed by atoms with Crippen LogP contribution in [0.15, 0.2) is 18.7 Å². The molecule has 1 fully saturated rings. The molecule has 1 aliphatic heterocycles. The summed E-state index contributed by atoms with van der Waals surface area (Å²) in [6.07, 6.45) is 7.93. The van der Waals surface area contributed by atoms with E-state index in [0.29, 0.717) is 12.0 Å². The van der Waals surface area contributed by atoms with Crippen molar-refractivity contribution in [3.05, 3.63) is 34.3 Å². The molecule has 0 saturated carbocycles. The smallest absolute Gasteiger partial charge is 0.107 e. The molecule has 1 aliphatic rings. The molecular formula is C16H24N4OS. The maximum atomic E-state index is 5.91. The second kappa shape index (κ2) is 6.89. The van der Waals surface area contributed by atoms with E-state index in [0.717, 1.165) is 31.7 Å². The first-order chi connectivity index (χ1) is 10.6. The van der Waals surface area contributed by atoms with Gasteiger partial charge in [-0.3, -0.25) is 0 Å². The summed E-state index contributed by atoms with van der Waals surface area (Å²) in [7, 11) is 2.02. The zero-order valence-electron chi connectivity index (χ0n) is 13.5. The minimum Gasteiger partial charge on any atom is -0.372 e. The molecule has 0 bridgehead atoms. The number of nitrogens with one attached hydrogen (secondary N) is 1. The Bertz CT molecular complexity index is 607. The molecule has 3 heterocycles. The van der Waals surface area contributed by atoms with Gasteiger partial charge in [-0.05, 0) is 18.8 Å². The summed E-state index contributed by atoms with van der Waals surface area (Å²) in [4.78, 5) is 10.1. The Hall–Kier alpha value is -1.24. The van der Waals surface area contributed by atoms with E-state index >= 15 is 0 Å². The monoisotopic (exact) mass is 320 g/mol. The molecule has 0 amide bonds. The first-order valence-electron chi connectivity index (χ1n) is 7.89. The first-order valence-corrected chi connectivity index (χ1v) is 8.71. The van der Waals surface area contributed by atoms with Crippen molar-refractivity contribution in [3.63, 3.8) is 0 Å². The van der Waals surface area contributed by atoms with Crippen molar-refractivity contribution in [2.24, 2.45) is 7.05 Å². The minimum atomic E-state index is 0.140. The maximum absolute atomic E-state index is 5.91. The van der Waals surface area contributed by atoms with E-state index in [1.165, 1.54) is 9.88 Å². The number of hydrogen-bond acceptors (Lipinski definition) is 5. The molecule has 0 radical (unpaired) electrons. The van der Waals surface area contributed by atoms with Gasteiger partial charge in [-0.1, -0.05) is 13.8 Å². The number of thiazole rings is 1. The predicted octanol–water partition coefficient (Wildman–Crippen LogP) is 3.01. The van der Waals surface area contributed by atoms with Gasteiger partial charge < -0.3 is 14.6 Å². The Morgan fingerprint density at radius 3 is 3.00 bits per heavy atom. The largest absolute Gasteiger partial charge is 0.372 e. The Balaban J connectivity index is 1.55. The number of aromatic nitrogens is 3. The van der Waals surface area contributed by atoms with E-state index in [1.807, 2.05) is 41.7 Å². The second-order valence-corrected chi connectivity index (χ2v) is 7.35. The molecule has 2 atom stereocenters. The number of nitrogens with zero attached hydrogens (tertiary/aromatic N) is 3. The van der Waals surface area contributed by atoms with Crippen molar-refractivity contribution >= 4 is 11.3 Å². The van der Waals surface area contributed by atoms with Gasteiger partial charge >= 0.3 is 0 Å². The van der Waals surface area contributed by atoms with E-state index in [2.05, 4.69) is 29.1 Å². The summed E-state index contributed by atoms with van der Waals surface area (Å²) in [6, 6.07) is 0.472. The number of ether oxygens (including phenoxy) is 1. The standard InChI is InChI=1S/C16H24N4OS/c1-11(2)15-8-19-16(22-15)9-18-12-4-5-21-14(6-12)13-7-17-10-20(13)3/h7-8,10-12,14,18H,4-6,9H2,1-3H3/t12-,14+/m0/s1. The average molecular weight is 320 g/mol. The highest BCUT2D eigenvalue weighted by Gasteiger charge is 2.25. The number of imidazole rings is 1. The van der Waals surface area contributed by atoms with Crippen LogP contribution in [0.3, 0.4) is 0 Å². The summed E-state index contributed by atoms with van der Waals surface area (Å²) in [5.41, 5.74) is 1.16. The fourth-order valence-corrected chi connectivity index (χ4v) is 3.64. The van der Waals surface area contributed by atoms with Crippen molar-refractivity contribution < 1.29 is 4.74 Å². The maximum Gasteiger partial charge on any atom is 0.107 e. The van der Waals surface area contributed by atoms with Crippen LogP contribution in [0.5, 0.6) is 0 Å². The van der Waals surface area contributed by atoms with Gasteiger partial charge in [-0.25, -0.2) is 9.97 Å². The first kappa shape index (κ1) is 15.6. The topological polar surface area (TPSA) is 52.0 Å².